The third-order valence-corrected chi connectivity index (χ3v) is 6.91. The predicted molar refractivity (Wildman–Crippen MR) is 154 cm³/mol. The van der Waals surface area contributed by atoms with E-state index in [0.717, 1.165) is 0 Å². The molecule has 2 aromatic rings. The first-order valence-corrected chi connectivity index (χ1v) is 13.9. The van der Waals surface area contributed by atoms with E-state index in [0.29, 0.717) is 37.6 Å². The number of Topliss-reactive ketones (excluding diaryl/α,β-unsaturated/α-hetero) is 1. The van der Waals surface area contributed by atoms with Gasteiger partial charge in [0, 0.05) is 56.7 Å². The quantitative estimate of drug-likeness (QED) is 0.257. The van der Waals surface area contributed by atoms with Crippen LogP contribution >= 0.6 is 0 Å². The zero-order valence-corrected chi connectivity index (χ0v) is 24.2. The molecule has 43 heavy (non-hydrogen) atoms. The number of nitro groups is 1. The molecule has 1 atom stereocenters. The number of rotatable bonds is 9. The fourth-order valence-electron chi connectivity index (χ4n) is 4.78. The molecule has 2 aliphatic rings. The zero-order valence-electron chi connectivity index (χ0n) is 24.2. The van der Waals surface area contributed by atoms with Gasteiger partial charge in [-0.1, -0.05) is 12.1 Å². The summed E-state index contributed by atoms with van der Waals surface area (Å²) in [6.45, 7) is 6.76. The molecule has 2 aromatic carbocycles. The molecule has 0 spiro atoms. The number of amides is 3. The second-order valence-corrected chi connectivity index (χ2v) is 11.2. The summed E-state index contributed by atoms with van der Waals surface area (Å²) in [5.74, 6) is -1.12. The molecule has 0 aromatic heterocycles. The highest BCUT2D eigenvalue weighted by Gasteiger charge is 2.34. The number of hydrogen-bond acceptors (Lipinski definition) is 9. The maximum Gasteiger partial charge on any atom is 0.414 e. The molecule has 14 heteroatoms. The molecule has 0 aliphatic carbocycles. The predicted octanol–water partition coefficient (Wildman–Crippen LogP) is 3.90. The Hall–Kier alpha value is -4.75. The molecule has 2 saturated heterocycles. The number of ether oxygens (including phenoxy) is 2. The van der Waals surface area contributed by atoms with Crippen molar-refractivity contribution in [1.29, 1.82) is 0 Å². The van der Waals surface area contributed by atoms with E-state index < -0.39 is 34.6 Å². The monoisotopic (exact) mass is 599 g/mol. The Morgan fingerprint density at radius 2 is 1.81 bits per heavy atom. The van der Waals surface area contributed by atoms with Crippen molar-refractivity contribution in [3.63, 3.8) is 0 Å². The van der Waals surface area contributed by atoms with E-state index in [2.05, 4.69) is 5.32 Å². The molecule has 3 amide bonds. The van der Waals surface area contributed by atoms with E-state index in [9.17, 15) is 29.3 Å². The van der Waals surface area contributed by atoms with E-state index in [-0.39, 0.29) is 48.9 Å². The van der Waals surface area contributed by atoms with Crippen molar-refractivity contribution < 1.29 is 38.0 Å². The number of halogens is 1. The van der Waals surface area contributed by atoms with Crippen molar-refractivity contribution in [2.75, 3.05) is 49.1 Å². The van der Waals surface area contributed by atoms with E-state index in [1.165, 1.54) is 35.2 Å². The van der Waals surface area contributed by atoms with E-state index in [1.54, 1.807) is 42.7 Å². The van der Waals surface area contributed by atoms with Gasteiger partial charge in [0.25, 0.3) is 5.69 Å². The number of piperazine rings is 1. The number of alkyl carbamates (subject to hydrolysis) is 1. The van der Waals surface area contributed by atoms with Crippen LogP contribution < -0.4 is 15.1 Å². The SMILES string of the molecule is CC(C)(C)OC(=O)NC[C@H]1CN(c2ccc(N3CCN(C(=O)CCC(=O)c4cccc([N+](=O)[O-])c4)CC3)c(F)c2)C(=O)O1. The average Bonchev–Trinajstić information content (AvgIpc) is 3.34. The highest BCUT2D eigenvalue weighted by molar-refractivity contribution is 5.98. The van der Waals surface area contributed by atoms with Crippen LogP contribution in [0.25, 0.3) is 0 Å². The van der Waals surface area contributed by atoms with Crippen LogP contribution in [-0.4, -0.2) is 84.7 Å². The van der Waals surface area contributed by atoms with Crippen LogP contribution in [0.1, 0.15) is 44.0 Å². The van der Waals surface area contributed by atoms with E-state index >= 15 is 4.39 Å². The molecule has 2 fully saturated rings. The highest BCUT2D eigenvalue weighted by atomic mass is 19.1. The summed E-state index contributed by atoms with van der Waals surface area (Å²) < 4.78 is 25.7. The summed E-state index contributed by atoms with van der Waals surface area (Å²) in [5, 5.41) is 13.5. The van der Waals surface area contributed by atoms with Gasteiger partial charge in [-0.15, -0.1) is 0 Å². The van der Waals surface area contributed by atoms with Crippen LogP contribution in [-0.2, 0) is 14.3 Å². The van der Waals surface area contributed by atoms with Gasteiger partial charge in [0.05, 0.1) is 29.4 Å². The maximum absolute atomic E-state index is 15.2. The summed E-state index contributed by atoms with van der Waals surface area (Å²) in [6, 6.07) is 9.82. The molecule has 230 valence electrons. The van der Waals surface area contributed by atoms with Crippen LogP contribution in [0.4, 0.5) is 31.0 Å². The molecule has 2 aliphatic heterocycles. The minimum atomic E-state index is -0.665. The third kappa shape index (κ3) is 8.17. The van der Waals surface area contributed by atoms with Gasteiger partial charge < -0.3 is 24.6 Å². The van der Waals surface area contributed by atoms with Crippen molar-refractivity contribution in [2.24, 2.45) is 0 Å². The summed E-state index contributed by atoms with van der Waals surface area (Å²) in [7, 11) is 0. The lowest BCUT2D eigenvalue weighted by Crippen LogP contribution is -2.49. The number of carbonyl (C=O) groups excluding carboxylic acids is 4. The molecule has 13 nitrogen and oxygen atoms in total. The first-order chi connectivity index (χ1) is 20.3. The molecule has 2 heterocycles. The van der Waals surface area contributed by atoms with Crippen LogP contribution in [0.2, 0.25) is 0 Å². The standard InChI is InChI=1S/C29H34FN5O8/c1-29(2,3)43-27(38)31-17-22-18-34(28(39)42-22)20-7-8-24(23(30)16-20)32-11-13-33(14-12-32)26(37)10-9-25(36)19-5-4-6-21(15-19)35(40)41/h4-8,15-16,22H,9-14,17-18H2,1-3H3,(H,31,38)/t22-/m0/s1. The number of nitrogens with one attached hydrogen (secondary N) is 1. The third-order valence-electron chi connectivity index (χ3n) is 6.91. The molecule has 0 saturated carbocycles. The molecule has 0 unspecified atom stereocenters. The molecule has 0 bridgehead atoms. The number of hydrogen-bond donors (Lipinski definition) is 1. The van der Waals surface area contributed by atoms with Gasteiger partial charge in [-0.25, -0.2) is 14.0 Å². The van der Waals surface area contributed by atoms with Crippen molar-refractivity contribution in [1.82, 2.24) is 10.2 Å². The van der Waals surface area contributed by atoms with Crippen molar-refractivity contribution in [3.05, 3.63) is 64.0 Å². The van der Waals surface area contributed by atoms with E-state index in [1.807, 2.05) is 0 Å². The van der Waals surface area contributed by atoms with Crippen LogP contribution in [0.3, 0.4) is 0 Å². The molecule has 1 N–H and O–H groups in total. The van der Waals surface area contributed by atoms with Gasteiger partial charge in [-0.3, -0.25) is 24.6 Å². The number of nitro benzene ring substituents is 1. The summed E-state index contributed by atoms with van der Waals surface area (Å²) in [5.41, 5.74) is -0.0333. The maximum atomic E-state index is 15.2. The van der Waals surface area contributed by atoms with Gasteiger partial charge >= 0.3 is 12.2 Å². The Morgan fingerprint density at radius 3 is 2.47 bits per heavy atom. The van der Waals surface area contributed by atoms with Gasteiger partial charge in [0.2, 0.25) is 5.91 Å². The Morgan fingerprint density at radius 1 is 1.09 bits per heavy atom. The van der Waals surface area contributed by atoms with Gasteiger partial charge in [0.15, 0.2) is 5.78 Å². The largest absolute Gasteiger partial charge is 0.444 e. The lowest BCUT2D eigenvalue weighted by molar-refractivity contribution is -0.384. The number of ketones is 1. The van der Waals surface area contributed by atoms with Gasteiger partial charge in [-0.2, -0.15) is 0 Å². The minimum Gasteiger partial charge on any atom is -0.444 e. The highest BCUT2D eigenvalue weighted by Crippen LogP contribution is 2.29. The van der Waals surface area contributed by atoms with Crippen molar-refractivity contribution in [2.45, 2.75) is 45.3 Å². The lowest BCUT2D eigenvalue weighted by atomic mass is 10.1. The van der Waals surface area contributed by atoms with Crippen molar-refractivity contribution in [3.8, 4) is 0 Å². The van der Waals surface area contributed by atoms with Crippen molar-refractivity contribution >= 4 is 40.9 Å². The summed E-state index contributed by atoms with van der Waals surface area (Å²) in [4.78, 5) is 64.5. The number of anilines is 2. The van der Waals surface area contributed by atoms with Crippen LogP contribution in [0, 0.1) is 15.9 Å². The Balaban J connectivity index is 1.26. The normalized spacial score (nSPS) is 17.0. The first-order valence-electron chi connectivity index (χ1n) is 13.9. The molecular formula is C29H34FN5O8. The average molecular weight is 600 g/mol. The minimum absolute atomic E-state index is 0.0369. The van der Waals surface area contributed by atoms with Crippen LogP contribution in [0.15, 0.2) is 42.5 Å². The topological polar surface area (TPSA) is 152 Å². The second-order valence-electron chi connectivity index (χ2n) is 11.2. The number of non-ortho nitro benzene ring substituents is 1. The zero-order chi connectivity index (χ0) is 31.3. The van der Waals surface area contributed by atoms with Gasteiger partial charge in [-0.05, 0) is 39.0 Å². The second kappa shape index (κ2) is 13.0. The van der Waals surface area contributed by atoms with Crippen LogP contribution in [0.5, 0.6) is 0 Å². The first kappa shape index (κ1) is 31.2. The fraction of sp³-hybridized carbons (Fsp3) is 0.448. The molecule has 0 radical (unpaired) electrons. The number of nitrogens with zero attached hydrogens (tertiary/aromatic N) is 4. The summed E-state index contributed by atoms with van der Waals surface area (Å²) in [6.07, 6.45) is -2.03. The fourth-order valence-corrected chi connectivity index (χ4v) is 4.78. The molecule has 4 rings (SSSR count). The Kier molecular flexibility index (Phi) is 9.46. The van der Waals surface area contributed by atoms with Gasteiger partial charge in [0.1, 0.15) is 17.5 Å². The smallest absolute Gasteiger partial charge is 0.414 e. The number of benzene rings is 2. The Labute approximate surface area is 247 Å². The Bertz CT molecular complexity index is 1400. The molecular weight excluding hydrogens is 565 g/mol. The summed E-state index contributed by atoms with van der Waals surface area (Å²) >= 11 is 0. The number of carbonyl (C=O) groups is 4. The lowest BCUT2D eigenvalue weighted by Gasteiger charge is -2.36. The van der Waals surface area contributed by atoms with E-state index in [4.69, 9.17) is 9.47 Å². The number of cyclic esters (lactones) is 1.